The van der Waals surface area contributed by atoms with E-state index in [2.05, 4.69) is 11.4 Å². The minimum Gasteiger partial charge on any atom is -0.459 e. The lowest BCUT2D eigenvalue weighted by Gasteiger charge is -2.43. The van der Waals surface area contributed by atoms with Gasteiger partial charge in [-0.1, -0.05) is 19.3 Å². The number of piperazine rings is 1. The number of carbonyl (C=O) groups is 2. The summed E-state index contributed by atoms with van der Waals surface area (Å²) in [5.74, 6) is -0.201. The van der Waals surface area contributed by atoms with Gasteiger partial charge in [-0.15, -0.1) is 0 Å². The molecule has 1 aromatic rings. The second kappa shape index (κ2) is 7.06. The summed E-state index contributed by atoms with van der Waals surface area (Å²) in [5, 5.41) is 12.3. The highest BCUT2D eigenvalue weighted by Crippen LogP contribution is 2.39. The highest BCUT2D eigenvalue weighted by atomic mass is 16.3. The number of aliphatic imine (C=N–C) groups is 1. The molecule has 142 valence electrons. The van der Waals surface area contributed by atoms with Crippen molar-refractivity contribution in [2.45, 2.75) is 37.6 Å². The number of nitrogens with one attached hydrogen (secondary N) is 1. The van der Waals surface area contributed by atoms with Crippen LogP contribution >= 0.6 is 0 Å². The summed E-state index contributed by atoms with van der Waals surface area (Å²) >= 11 is 0. The first-order valence-electron chi connectivity index (χ1n) is 9.51. The summed E-state index contributed by atoms with van der Waals surface area (Å²) in [4.78, 5) is 33.6. The van der Waals surface area contributed by atoms with Gasteiger partial charge >= 0.3 is 0 Å². The Bertz CT molecular complexity index is 781. The van der Waals surface area contributed by atoms with Crippen LogP contribution in [0.25, 0.3) is 0 Å². The molecule has 1 aromatic heterocycles. The van der Waals surface area contributed by atoms with Crippen molar-refractivity contribution in [1.29, 1.82) is 5.26 Å². The van der Waals surface area contributed by atoms with Gasteiger partial charge < -0.3 is 14.2 Å². The molecule has 8 nitrogen and oxygen atoms in total. The van der Waals surface area contributed by atoms with Gasteiger partial charge in [0.05, 0.1) is 17.9 Å². The third-order valence-corrected chi connectivity index (χ3v) is 5.81. The monoisotopic (exact) mass is 369 g/mol. The van der Waals surface area contributed by atoms with Gasteiger partial charge in [-0.05, 0) is 25.0 Å². The Labute approximate surface area is 157 Å². The molecule has 3 aliphatic rings. The first kappa shape index (κ1) is 17.6. The summed E-state index contributed by atoms with van der Waals surface area (Å²) in [6, 6.07) is 5.54. The van der Waals surface area contributed by atoms with Crippen LogP contribution in [0.1, 0.15) is 42.7 Å². The first-order valence-corrected chi connectivity index (χ1v) is 9.51. The topological polar surface area (TPSA) is 102 Å². The minimum absolute atomic E-state index is 0.123. The molecule has 1 saturated carbocycles. The van der Waals surface area contributed by atoms with Gasteiger partial charge in [-0.25, -0.2) is 4.99 Å². The molecule has 27 heavy (non-hydrogen) atoms. The molecule has 2 fully saturated rings. The Balaban J connectivity index is 1.48. The lowest BCUT2D eigenvalue weighted by Crippen LogP contribution is -2.61. The van der Waals surface area contributed by atoms with Crippen LogP contribution in [-0.2, 0) is 4.79 Å². The van der Waals surface area contributed by atoms with Crippen LogP contribution in [0.4, 0.5) is 0 Å². The third kappa shape index (κ3) is 3.18. The predicted molar refractivity (Wildman–Crippen MR) is 96.7 cm³/mol. The average Bonchev–Trinajstić information content (AvgIpc) is 3.23. The zero-order valence-electron chi connectivity index (χ0n) is 15.2. The number of rotatable bonds is 1. The molecular formula is C19H23N5O3. The maximum atomic E-state index is 12.6. The van der Waals surface area contributed by atoms with Crippen LogP contribution in [0, 0.1) is 17.2 Å². The van der Waals surface area contributed by atoms with Gasteiger partial charge in [-0.2, -0.15) is 5.26 Å². The number of guanidine groups is 1. The van der Waals surface area contributed by atoms with Crippen molar-refractivity contribution >= 4 is 17.8 Å². The first-order chi connectivity index (χ1) is 13.1. The van der Waals surface area contributed by atoms with E-state index in [4.69, 9.17) is 9.41 Å². The van der Waals surface area contributed by atoms with Crippen molar-refractivity contribution in [2.75, 3.05) is 26.2 Å². The molecule has 0 radical (unpaired) electrons. The van der Waals surface area contributed by atoms with Crippen LogP contribution < -0.4 is 5.32 Å². The highest BCUT2D eigenvalue weighted by molar-refractivity contribution is 6.02. The number of nitrogens with zero attached hydrogens (tertiary/aromatic N) is 4. The van der Waals surface area contributed by atoms with E-state index in [1.807, 2.05) is 4.90 Å². The fourth-order valence-electron chi connectivity index (χ4n) is 4.30. The summed E-state index contributed by atoms with van der Waals surface area (Å²) in [5.41, 5.74) is -0.591. The van der Waals surface area contributed by atoms with E-state index >= 15 is 0 Å². The molecule has 3 heterocycles. The highest BCUT2D eigenvalue weighted by Gasteiger charge is 2.48. The largest absolute Gasteiger partial charge is 0.459 e. The van der Waals surface area contributed by atoms with E-state index < -0.39 is 11.5 Å². The lowest BCUT2D eigenvalue weighted by molar-refractivity contribution is -0.125. The Hall–Kier alpha value is -2.82. The van der Waals surface area contributed by atoms with E-state index in [0.717, 1.165) is 32.1 Å². The summed E-state index contributed by atoms with van der Waals surface area (Å²) in [7, 11) is 0. The molecule has 1 spiro atoms. The van der Waals surface area contributed by atoms with Crippen molar-refractivity contribution in [3.63, 3.8) is 0 Å². The SMILES string of the molecule is N#CC1C(=O)NC(N2CCN(C(=O)c3ccco3)CC2)=NC12CCCCC2. The van der Waals surface area contributed by atoms with E-state index in [-0.39, 0.29) is 11.8 Å². The number of furan rings is 1. The molecule has 0 aromatic carbocycles. The van der Waals surface area contributed by atoms with Crippen molar-refractivity contribution in [2.24, 2.45) is 10.9 Å². The molecule has 0 bridgehead atoms. The van der Waals surface area contributed by atoms with E-state index in [1.165, 1.54) is 6.26 Å². The average molecular weight is 369 g/mol. The van der Waals surface area contributed by atoms with Crippen LogP contribution in [0.3, 0.4) is 0 Å². The maximum Gasteiger partial charge on any atom is 0.289 e. The molecule has 1 unspecified atom stereocenters. The fraction of sp³-hybridized carbons (Fsp3) is 0.579. The van der Waals surface area contributed by atoms with Crippen LogP contribution in [-0.4, -0.2) is 59.3 Å². The van der Waals surface area contributed by atoms with Crippen molar-refractivity contribution in [3.8, 4) is 6.07 Å². The second-order valence-electron chi connectivity index (χ2n) is 7.41. The molecule has 1 aliphatic carbocycles. The van der Waals surface area contributed by atoms with E-state index in [1.54, 1.807) is 17.0 Å². The van der Waals surface area contributed by atoms with Crippen LogP contribution in [0.15, 0.2) is 27.8 Å². The zero-order valence-corrected chi connectivity index (χ0v) is 15.2. The van der Waals surface area contributed by atoms with E-state index in [0.29, 0.717) is 37.9 Å². The molecule has 1 atom stereocenters. The predicted octanol–water partition coefficient (Wildman–Crippen LogP) is 1.37. The van der Waals surface area contributed by atoms with Gasteiger partial charge in [0.25, 0.3) is 5.91 Å². The minimum atomic E-state index is -0.719. The third-order valence-electron chi connectivity index (χ3n) is 5.81. The molecule has 1 N–H and O–H groups in total. The molecular weight excluding hydrogens is 346 g/mol. The van der Waals surface area contributed by atoms with E-state index in [9.17, 15) is 14.9 Å². The number of carbonyl (C=O) groups excluding carboxylic acids is 2. The quantitative estimate of drug-likeness (QED) is 0.805. The van der Waals surface area contributed by atoms with Gasteiger partial charge in [0, 0.05) is 26.2 Å². The summed E-state index contributed by atoms with van der Waals surface area (Å²) in [6.07, 6.45) is 6.16. The Morgan fingerprint density at radius 3 is 2.63 bits per heavy atom. The molecule has 1 saturated heterocycles. The summed E-state index contributed by atoms with van der Waals surface area (Å²) < 4.78 is 5.19. The van der Waals surface area contributed by atoms with Gasteiger partial charge in [0.2, 0.25) is 11.9 Å². The molecule has 4 rings (SSSR count). The molecule has 2 aliphatic heterocycles. The number of hydrogen-bond donors (Lipinski definition) is 1. The fourth-order valence-corrected chi connectivity index (χ4v) is 4.30. The Morgan fingerprint density at radius 1 is 1.26 bits per heavy atom. The standard InChI is InChI=1S/C19H23N5O3/c20-13-14-16(25)21-18(22-19(14)6-2-1-3-7-19)24-10-8-23(9-11-24)17(26)15-5-4-12-27-15/h4-5,12,14H,1-3,6-11H2,(H,21,22,25). The van der Waals surface area contributed by atoms with Crippen molar-refractivity contribution < 1.29 is 14.0 Å². The lowest BCUT2D eigenvalue weighted by atomic mass is 9.72. The van der Waals surface area contributed by atoms with Gasteiger partial charge in [0.1, 0.15) is 0 Å². The normalized spacial score (nSPS) is 24.9. The zero-order chi connectivity index (χ0) is 18.9. The number of hydrogen-bond acceptors (Lipinski definition) is 6. The van der Waals surface area contributed by atoms with Crippen LogP contribution in [0.2, 0.25) is 0 Å². The van der Waals surface area contributed by atoms with Gasteiger partial charge in [0.15, 0.2) is 11.7 Å². The van der Waals surface area contributed by atoms with Crippen molar-refractivity contribution in [3.05, 3.63) is 24.2 Å². The molecule has 2 amide bonds. The Kier molecular flexibility index (Phi) is 4.60. The molecule has 8 heteroatoms. The number of nitriles is 1. The maximum absolute atomic E-state index is 12.6. The summed E-state index contributed by atoms with van der Waals surface area (Å²) in [6.45, 7) is 2.23. The second-order valence-corrected chi connectivity index (χ2v) is 7.41. The smallest absolute Gasteiger partial charge is 0.289 e. The van der Waals surface area contributed by atoms with Crippen LogP contribution in [0.5, 0.6) is 0 Å². The Morgan fingerprint density at radius 2 is 2.00 bits per heavy atom. The van der Waals surface area contributed by atoms with Gasteiger partial charge in [-0.3, -0.25) is 14.9 Å². The van der Waals surface area contributed by atoms with Crippen molar-refractivity contribution in [1.82, 2.24) is 15.1 Å². The number of amides is 2.